The summed E-state index contributed by atoms with van der Waals surface area (Å²) in [6.07, 6.45) is 5.43. The molecule has 156 valence electrons. The first-order valence-corrected chi connectivity index (χ1v) is 10.2. The van der Waals surface area contributed by atoms with Crippen molar-refractivity contribution in [2.24, 2.45) is 0 Å². The molecular weight excluding hydrogens is 394 g/mol. The Labute approximate surface area is 179 Å². The van der Waals surface area contributed by atoms with Crippen LogP contribution in [0.1, 0.15) is 33.6 Å². The molecule has 0 unspecified atom stereocenters. The lowest BCUT2D eigenvalue weighted by molar-refractivity contribution is 0.0696. The molecule has 1 saturated carbocycles. The van der Waals surface area contributed by atoms with Gasteiger partial charge in [0.05, 0.1) is 16.9 Å². The van der Waals surface area contributed by atoms with Crippen LogP contribution >= 0.6 is 0 Å². The molecule has 31 heavy (non-hydrogen) atoms. The minimum absolute atomic E-state index is 0.115. The SMILES string of the molecule is O=C(O)c1cccc(Oc2ccncc2C(=O)N2CCN(C3CC3)c3ccccc32)c1. The first-order valence-electron chi connectivity index (χ1n) is 10.2. The third-order valence-corrected chi connectivity index (χ3v) is 5.60. The number of anilines is 2. The molecule has 5 rings (SSSR count). The van der Waals surface area contributed by atoms with Crippen LogP contribution in [0.5, 0.6) is 11.5 Å². The first kappa shape index (κ1) is 19.1. The quantitative estimate of drug-likeness (QED) is 0.672. The number of benzene rings is 2. The maximum atomic E-state index is 13.5. The first-order chi connectivity index (χ1) is 15.1. The molecule has 1 N–H and O–H groups in total. The molecule has 7 heteroatoms. The molecular formula is C24H21N3O4. The van der Waals surface area contributed by atoms with E-state index in [1.54, 1.807) is 29.3 Å². The van der Waals surface area contributed by atoms with E-state index in [9.17, 15) is 14.7 Å². The Morgan fingerprint density at radius 2 is 1.81 bits per heavy atom. The highest BCUT2D eigenvalue weighted by molar-refractivity contribution is 6.09. The maximum Gasteiger partial charge on any atom is 0.335 e. The van der Waals surface area contributed by atoms with E-state index in [2.05, 4.69) is 16.0 Å². The van der Waals surface area contributed by atoms with Gasteiger partial charge < -0.3 is 19.6 Å². The van der Waals surface area contributed by atoms with Crippen LogP contribution in [0.15, 0.2) is 67.0 Å². The highest BCUT2D eigenvalue weighted by Crippen LogP contribution is 2.40. The van der Waals surface area contributed by atoms with E-state index in [4.69, 9.17) is 4.74 Å². The number of hydrogen-bond donors (Lipinski definition) is 1. The summed E-state index contributed by atoms with van der Waals surface area (Å²) in [4.78, 5) is 33.1. The van der Waals surface area contributed by atoms with Gasteiger partial charge in [-0.05, 0) is 49.2 Å². The van der Waals surface area contributed by atoms with Crippen LogP contribution in [0, 0.1) is 0 Å². The highest BCUT2D eigenvalue weighted by Gasteiger charge is 2.36. The average Bonchev–Trinajstić information content (AvgIpc) is 3.64. The number of hydrogen-bond acceptors (Lipinski definition) is 5. The lowest BCUT2D eigenvalue weighted by Crippen LogP contribution is -2.45. The fraction of sp³-hybridized carbons (Fsp3) is 0.208. The lowest BCUT2D eigenvalue weighted by Gasteiger charge is -2.38. The summed E-state index contributed by atoms with van der Waals surface area (Å²) < 4.78 is 5.91. The van der Waals surface area contributed by atoms with Crippen LogP contribution in [0.2, 0.25) is 0 Å². The van der Waals surface area contributed by atoms with Crippen molar-refractivity contribution < 1.29 is 19.4 Å². The molecule has 0 spiro atoms. The number of carboxylic acid groups (broad SMARTS) is 1. The molecule has 0 saturated heterocycles. The zero-order chi connectivity index (χ0) is 21.4. The Bertz CT molecular complexity index is 1160. The summed E-state index contributed by atoms with van der Waals surface area (Å²) >= 11 is 0. The number of carboxylic acids is 1. The summed E-state index contributed by atoms with van der Waals surface area (Å²) in [7, 11) is 0. The number of pyridine rings is 1. The van der Waals surface area contributed by atoms with E-state index >= 15 is 0 Å². The van der Waals surface area contributed by atoms with Crippen LogP contribution in [-0.4, -0.2) is 41.1 Å². The molecule has 1 aromatic heterocycles. The molecule has 7 nitrogen and oxygen atoms in total. The number of para-hydroxylation sites is 2. The minimum atomic E-state index is -1.04. The average molecular weight is 415 g/mol. The Kier molecular flexibility index (Phi) is 4.78. The second kappa shape index (κ2) is 7.75. The zero-order valence-electron chi connectivity index (χ0n) is 16.8. The second-order valence-electron chi connectivity index (χ2n) is 7.68. The molecule has 3 aromatic rings. The molecule has 1 fully saturated rings. The normalized spacial score (nSPS) is 15.4. The molecule has 2 aromatic carbocycles. The van der Waals surface area contributed by atoms with Crippen LogP contribution in [0.4, 0.5) is 11.4 Å². The van der Waals surface area contributed by atoms with Crippen LogP contribution in [0.25, 0.3) is 0 Å². The Morgan fingerprint density at radius 1 is 1.00 bits per heavy atom. The lowest BCUT2D eigenvalue weighted by atomic mass is 10.1. The van der Waals surface area contributed by atoms with E-state index in [1.165, 1.54) is 31.2 Å². The number of carbonyl (C=O) groups is 2. The van der Waals surface area contributed by atoms with Gasteiger partial charge in [0.25, 0.3) is 5.91 Å². The van der Waals surface area contributed by atoms with Crippen molar-refractivity contribution in [2.45, 2.75) is 18.9 Å². The number of carbonyl (C=O) groups excluding carboxylic acids is 1. The number of amides is 1. The van der Waals surface area contributed by atoms with Crippen molar-refractivity contribution in [3.8, 4) is 11.5 Å². The fourth-order valence-electron chi connectivity index (χ4n) is 3.96. The molecule has 2 aliphatic rings. The smallest absolute Gasteiger partial charge is 0.335 e. The number of ether oxygens (including phenoxy) is 1. The summed E-state index contributed by atoms with van der Waals surface area (Å²) in [6, 6.07) is 16.3. The molecule has 1 aliphatic carbocycles. The van der Waals surface area contributed by atoms with Crippen molar-refractivity contribution in [3.05, 3.63) is 78.1 Å². The fourth-order valence-corrected chi connectivity index (χ4v) is 3.96. The predicted octanol–water partition coefficient (Wildman–Crippen LogP) is 4.20. The largest absolute Gasteiger partial charge is 0.478 e. The van der Waals surface area contributed by atoms with E-state index in [1.807, 2.05) is 18.2 Å². The number of nitrogens with zero attached hydrogens (tertiary/aromatic N) is 3. The number of fused-ring (bicyclic) bond motifs is 1. The van der Waals surface area contributed by atoms with Gasteiger partial charge in [0.15, 0.2) is 0 Å². The highest BCUT2D eigenvalue weighted by atomic mass is 16.5. The topological polar surface area (TPSA) is 83.0 Å². The number of aromatic carboxylic acids is 1. The standard InChI is InChI=1S/C24H21N3O4/c28-23(27-13-12-26(17-8-9-17)20-6-1-2-7-21(20)27)19-15-25-11-10-22(19)31-18-5-3-4-16(14-18)24(29)30/h1-7,10-11,14-15,17H,8-9,12-13H2,(H,29,30). The molecule has 0 atom stereocenters. The maximum absolute atomic E-state index is 13.5. The van der Waals surface area contributed by atoms with Gasteiger partial charge in [-0.2, -0.15) is 0 Å². The Morgan fingerprint density at radius 3 is 2.58 bits per heavy atom. The van der Waals surface area contributed by atoms with Crippen molar-refractivity contribution in [1.82, 2.24) is 4.98 Å². The monoisotopic (exact) mass is 415 g/mol. The number of aromatic nitrogens is 1. The third kappa shape index (κ3) is 3.70. The summed E-state index contributed by atoms with van der Waals surface area (Å²) in [5, 5.41) is 9.22. The van der Waals surface area contributed by atoms with Gasteiger partial charge >= 0.3 is 5.97 Å². The van der Waals surface area contributed by atoms with Crippen LogP contribution < -0.4 is 14.5 Å². The third-order valence-electron chi connectivity index (χ3n) is 5.60. The van der Waals surface area contributed by atoms with Gasteiger partial charge in [0.1, 0.15) is 17.1 Å². The van der Waals surface area contributed by atoms with E-state index in [-0.39, 0.29) is 11.5 Å². The van der Waals surface area contributed by atoms with E-state index in [0.29, 0.717) is 29.6 Å². The molecule has 1 amide bonds. The van der Waals surface area contributed by atoms with Gasteiger partial charge in [0, 0.05) is 31.5 Å². The van der Waals surface area contributed by atoms with Gasteiger partial charge in [-0.1, -0.05) is 18.2 Å². The van der Waals surface area contributed by atoms with Gasteiger partial charge in [-0.25, -0.2) is 4.79 Å². The minimum Gasteiger partial charge on any atom is -0.478 e. The van der Waals surface area contributed by atoms with E-state index < -0.39 is 5.97 Å². The van der Waals surface area contributed by atoms with Gasteiger partial charge in [-0.3, -0.25) is 9.78 Å². The molecule has 0 radical (unpaired) electrons. The molecule has 2 heterocycles. The van der Waals surface area contributed by atoms with E-state index in [0.717, 1.165) is 17.9 Å². The molecule has 1 aliphatic heterocycles. The van der Waals surface area contributed by atoms with Crippen LogP contribution in [0.3, 0.4) is 0 Å². The number of rotatable bonds is 5. The Balaban J connectivity index is 1.46. The van der Waals surface area contributed by atoms with Gasteiger partial charge in [-0.15, -0.1) is 0 Å². The molecule has 0 bridgehead atoms. The predicted molar refractivity (Wildman–Crippen MR) is 116 cm³/mol. The van der Waals surface area contributed by atoms with Gasteiger partial charge in [0.2, 0.25) is 0 Å². The Hall–Kier alpha value is -3.87. The van der Waals surface area contributed by atoms with Crippen molar-refractivity contribution in [1.29, 1.82) is 0 Å². The zero-order valence-corrected chi connectivity index (χ0v) is 16.8. The summed E-state index contributed by atoms with van der Waals surface area (Å²) in [5.41, 5.74) is 2.40. The second-order valence-corrected chi connectivity index (χ2v) is 7.68. The van der Waals surface area contributed by atoms with Crippen molar-refractivity contribution >= 4 is 23.3 Å². The summed E-state index contributed by atoms with van der Waals surface area (Å²) in [5.74, 6) is -0.550. The van der Waals surface area contributed by atoms with Crippen LogP contribution in [-0.2, 0) is 0 Å². The van der Waals surface area contributed by atoms with Crippen molar-refractivity contribution in [3.63, 3.8) is 0 Å². The summed E-state index contributed by atoms with van der Waals surface area (Å²) in [6.45, 7) is 1.36. The van der Waals surface area contributed by atoms with Crippen molar-refractivity contribution in [2.75, 3.05) is 22.9 Å².